The summed E-state index contributed by atoms with van der Waals surface area (Å²) in [4.78, 5) is 2.44. The minimum atomic E-state index is 0.606. The molecule has 1 aliphatic heterocycles. The van der Waals surface area contributed by atoms with E-state index >= 15 is 0 Å². The van der Waals surface area contributed by atoms with E-state index in [0.717, 1.165) is 50.5 Å². The Hall–Kier alpha value is -1.36. The van der Waals surface area contributed by atoms with Crippen molar-refractivity contribution in [3.63, 3.8) is 0 Å². The van der Waals surface area contributed by atoms with E-state index in [4.69, 9.17) is 9.15 Å². The molecule has 114 valence electrons. The number of fused-ring (bicyclic) bond motifs is 1. The van der Waals surface area contributed by atoms with Crippen molar-refractivity contribution in [1.82, 2.24) is 10.2 Å². The third kappa shape index (κ3) is 3.12. The van der Waals surface area contributed by atoms with Gasteiger partial charge in [0.15, 0.2) is 0 Å². The maximum absolute atomic E-state index is 6.01. The number of benzene rings is 1. The average molecular weight is 288 g/mol. The number of para-hydroxylation sites is 1. The van der Waals surface area contributed by atoms with Gasteiger partial charge in [0.25, 0.3) is 0 Å². The maximum atomic E-state index is 6.01. The molecule has 0 radical (unpaired) electrons. The summed E-state index contributed by atoms with van der Waals surface area (Å²) in [7, 11) is 4.17. The SMILES string of the molecule is CNCc1oc2ccccc2c1CN(C)C1CCOCC1. The van der Waals surface area contributed by atoms with Crippen molar-refractivity contribution in [2.75, 3.05) is 27.3 Å². The van der Waals surface area contributed by atoms with Crippen LogP contribution in [0.25, 0.3) is 11.0 Å². The Morgan fingerprint density at radius 1 is 1.24 bits per heavy atom. The summed E-state index contributed by atoms with van der Waals surface area (Å²) < 4.78 is 11.5. The fraction of sp³-hybridized carbons (Fsp3) is 0.529. The summed E-state index contributed by atoms with van der Waals surface area (Å²) in [6, 6.07) is 8.92. The normalized spacial score (nSPS) is 16.9. The standard InChI is InChI=1S/C17H24N2O2/c1-18-11-17-15(14-5-3-4-6-16(14)21-17)12-19(2)13-7-9-20-10-8-13/h3-6,13,18H,7-12H2,1-2H3. The van der Waals surface area contributed by atoms with Gasteiger partial charge in [-0.2, -0.15) is 0 Å². The third-order valence-electron chi connectivity index (χ3n) is 4.34. The molecule has 21 heavy (non-hydrogen) atoms. The summed E-state index contributed by atoms with van der Waals surface area (Å²) in [5.74, 6) is 1.05. The van der Waals surface area contributed by atoms with Gasteiger partial charge in [-0.15, -0.1) is 0 Å². The molecule has 1 fully saturated rings. The van der Waals surface area contributed by atoms with Crippen molar-refractivity contribution in [3.8, 4) is 0 Å². The Morgan fingerprint density at radius 2 is 2.00 bits per heavy atom. The van der Waals surface area contributed by atoms with Crippen LogP contribution < -0.4 is 5.32 Å². The number of nitrogens with zero attached hydrogens (tertiary/aromatic N) is 1. The van der Waals surface area contributed by atoms with Gasteiger partial charge in [-0.05, 0) is 33.0 Å². The molecule has 2 aromatic rings. The van der Waals surface area contributed by atoms with Crippen molar-refractivity contribution in [2.24, 2.45) is 0 Å². The van der Waals surface area contributed by atoms with E-state index in [1.54, 1.807) is 0 Å². The van der Waals surface area contributed by atoms with Crippen molar-refractivity contribution < 1.29 is 9.15 Å². The highest BCUT2D eigenvalue weighted by Gasteiger charge is 2.21. The van der Waals surface area contributed by atoms with Crippen molar-refractivity contribution in [3.05, 3.63) is 35.6 Å². The molecule has 1 aliphatic rings. The first kappa shape index (κ1) is 14.6. The number of rotatable bonds is 5. The van der Waals surface area contributed by atoms with E-state index in [2.05, 4.69) is 29.4 Å². The fourth-order valence-electron chi connectivity index (χ4n) is 3.13. The Morgan fingerprint density at radius 3 is 2.76 bits per heavy atom. The molecule has 1 saturated heterocycles. The van der Waals surface area contributed by atoms with Crippen LogP contribution in [0.5, 0.6) is 0 Å². The summed E-state index contributed by atoms with van der Waals surface area (Å²) in [6.07, 6.45) is 2.24. The van der Waals surface area contributed by atoms with Crippen molar-refractivity contribution >= 4 is 11.0 Å². The molecule has 1 aromatic heterocycles. The maximum Gasteiger partial charge on any atom is 0.134 e. The lowest BCUT2D eigenvalue weighted by Gasteiger charge is -2.31. The second-order valence-corrected chi connectivity index (χ2v) is 5.79. The molecule has 1 N–H and O–H groups in total. The lowest BCUT2D eigenvalue weighted by molar-refractivity contribution is 0.0406. The molecule has 2 heterocycles. The molecule has 0 aliphatic carbocycles. The van der Waals surface area contributed by atoms with Gasteiger partial charge in [0.1, 0.15) is 11.3 Å². The molecule has 4 nitrogen and oxygen atoms in total. The first-order valence-electron chi connectivity index (χ1n) is 7.71. The fourth-order valence-corrected chi connectivity index (χ4v) is 3.13. The van der Waals surface area contributed by atoms with Crippen LogP contribution in [0.1, 0.15) is 24.2 Å². The number of nitrogens with one attached hydrogen (secondary N) is 1. The van der Waals surface area contributed by atoms with Crippen LogP contribution in [-0.4, -0.2) is 38.3 Å². The molecule has 0 saturated carbocycles. The lowest BCUT2D eigenvalue weighted by atomic mass is 10.1. The monoisotopic (exact) mass is 288 g/mol. The van der Waals surface area contributed by atoms with E-state index in [-0.39, 0.29) is 0 Å². The first-order valence-corrected chi connectivity index (χ1v) is 7.71. The number of hydrogen-bond acceptors (Lipinski definition) is 4. The predicted molar refractivity (Wildman–Crippen MR) is 84.3 cm³/mol. The quantitative estimate of drug-likeness (QED) is 0.918. The molecule has 4 heteroatoms. The van der Waals surface area contributed by atoms with E-state index in [1.807, 2.05) is 19.2 Å². The zero-order chi connectivity index (χ0) is 14.7. The van der Waals surface area contributed by atoms with Gasteiger partial charge >= 0.3 is 0 Å². The minimum absolute atomic E-state index is 0.606. The largest absolute Gasteiger partial charge is 0.459 e. The molecular weight excluding hydrogens is 264 g/mol. The van der Waals surface area contributed by atoms with Crippen LogP contribution in [0.2, 0.25) is 0 Å². The highest BCUT2D eigenvalue weighted by molar-refractivity contribution is 5.82. The van der Waals surface area contributed by atoms with Gasteiger partial charge in [0.2, 0.25) is 0 Å². The zero-order valence-electron chi connectivity index (χ0n) is 12.9. The number of furan rings is 1. The Bertz CT molecular complexity index is 587. The second kappa shape index (κ2) is 6.60. The summed E-state index contributed by atoms with van der Waals surface area (Å²) in [5, 5.41) is 4.44. The van der Waals surface area contributed by atoms with E-state index in [1.165, 1.54) is 10.9 Å². The van der Waals surface area contributed by atoms with Gasteiger partial charge in [-0.25, -0.2) is 0 Å². The molecular formula is C17H24N2O2. The van der Waals surface area contributed by atoms with Crippen LogP contribution >= 0.6 is 0 Å². The second-order valence-electron chi connectivity index (χ2n) is 5.79. The molecule has 3 rings (SSSR count). The molecule has 1 aromatic carbocycles. The van der Waals surface area contributed by atoms with Crippen molar-refractivity contribution in [1.29, 1.82) is 0 Å². The van der Waals surface area contributed by atoms with Crippen molar-refractivity contribution in [2.45, 2.75) is 32.0 Å². The molecule has 0 spiro atoms. The smallest absolute Gasteiger partial charge is 0.134 e. The molecule has 0 amide bonds. The third-order valence-corrected chi connectivity index (χ3v) is 4.34. The van der Waals surface area contributed by atoms with Gasteiger partial charge in [-0.1, -0.05) is 18.2 Å². The van der Waals surface area contributed by atoms with Gasteiger partial charge in [-0.3, -0.25) is 4.90 Å². The van der Waals surface area contributed by atoms with Gasteiger partial charge < -0.3 is 14.5 Å². The predicted octanol–water partition coefficient (Wildman–Crippen LogP) is 2.76. The zero-order valence-corrected chi connectivity index (χ0v) is 12.9. The average Bonchev–Trinajstić information content (AvgIpc) is 2.86. The Balaban J connectivity index is 1.85. The lowest BCUT2D eigenvalue weighted by Crippen LogP contribution is -2.36. The van der Waals surface area contributed by atoms with E-state index in [0.29, 0.717) is 6.04 Å². The number of ether oxygens (including phenoxy) is 1. The van der Waals surface area contributed by atoms with Crippen LogP contribution in [-0.2, 0) is 17.8 Å². The van der Waals surface area contributed by atoms with Crippen LogP contribution in [0.15, 0.2) is 28.7 Å². The number of hydrogen-bond donors (Lipinski definition) is 1. The summed E-state index contributed by atoms with van der Waals surface area (Å²) in [6.45, 7) is 3.46. The highest BCUT2D eigenvalue weighted by atomic mass is 16.5. The minimum Gasteiger partial charge on any atom is -0.459 e. The first-order chi connectivity index (χ1) is 10.3. The van der Waals surface area contributed by atoms with E-state index in [9.17, 15) is 0 Å². The molecule has 0 atom stereocenters. The van der Waals surface area contributed by atoms with Crippen LogP contribution in [0.4, 0.5) is 0 Å². The van der Waals surface area contributed by atoms with Gasteiger partial charge in [0, 0.05) is 36.8 Å². The van der Waals surface area contributed by atoms with E-state index < -0.39 is 0 Å². The summed E-state index contributed by atoms with van der Waals surface area (Å²) in [5.41, 5.74) is 2.30. The van der Waals surface area contributed by atoms with Crippen LogP contribution in [0.3, 0.4) is 0 Å². The molecule has 0 bridgehead atoms. The summed E-state index contributed by atoms with van der Waals surface area (Å²) >= 11 is 0. The van der Waals surface area contributed by atoms with Gasteiger partial charge in [0.05, 0.1) is 6.54 Å². The highest BCUT2D eigenvalue weighted by Crippen LogP contribution is 2.28. The Labute approximate surface area is 126 Å². The molecule has 0 unspecified atom stereocenters. The van der Waals surface area contributed by atoms with Crippen LogP contribution in [0, 0.1) is 0 Å². The topological polar surface area (TPSA) is 37.6 Å². The Kier molecular flexibility index (Phi) is 4.58.